The molecule has 0 aromatic carbocycles. The fourth-order valence-corrected chi connectivity index (χ4v) is 2.32. The number of hydrogen-bond donors (Lipinski definition) is 1. The van der Waals surface area contributed by atoms with Crippen molar-refractivity contribution in [2.24, 2.45) is 5.41 Å². The summed E-state index contributed by atoms with van der Waals surface area (Å²) < 4.78 is 1.93. The minimum Gasteiger partial charge on any atom is -0.481 e. The van der Waals surface area contributed by atoms with Crippen LogP contribution in [0.3, 0.4) is 0 Å². The van der Waals surface area contributed by atoms with Crippen LogP contribution in [0, 0.1) is 5.41 Å². The summed E-state index contributed by atoms with van der Waals surface area (Å²) in [5.41, 5.74) is 0.377. The topological polar surface area (TPSA) is 55.1 Å². The molecule has 1 heterocycles. The molecular formula is C13H20N2O2. The fourth-order valence-electron chi connectivity index (χ4n) is 2.32. The van der Waals surface area contributed by atoms with E-state index >= 15 is 0 Å². The summed E-state index contributed by atoms with van der Waals surface area (Å²) in [5, 5.41) is 13.8. The first kappa shape index (κ1) is 12.1. The third kappa shape index (κ3) is 2.21. The zero-order valence-electron chi connectivity index (χ0n) is 10.5. The van der Waals surface area contributed by atoms with Gasteiger partial charge in [-0.2, -0.15) is 5.10 Å². The molecule has 0 aliphatic heterocycles. The Hall–Kier alpha value is -1.32. The molecule has 17 heavy (non-hydrogen) atoms. The highest BCUT2D eigenvalue weighted by molar-refractivity contribution is 5.76. The average Bonchev–Trinajstić information content (AvgIpc) is 2.70. The van der Waals surface area contributed by atoms with Crippen LogP contribution in [-0.4, -0.2) is 20.9 Å². The fraction of sp³-hybridized carbons (Fsp3) is 0.692. The second-order valence-corrected chi connectivity index (χ2v) is 5.16. The Kier molecular flexibility index (Phi) is 3.22. The molecule has 0 saturated heterocycles. The van der Waals surface area contributed by atoms with Crippen LogP contribution in [-0.2, 0) is 11.2 Å². The first-order valence-electron chi connectivity index (χ1n) is 6.35. The summed E-state index contributed by atoms with van der Waals surface area (Å²) in [6.07, 6.45) is 6.17. The van der Waals surface area contributed by atoms with Crippen molar-refractivity contribution in [1.82, 2.24) is 9.78 Å². The molecule has 1 aromatic heterocycles. The normalized spacial score (nSPS) is 19.6. The second kappa shape index (κ2) is 4.51. The Bertz CT molecular complexity index is 407. The minimum absolute atomic E-state index is 0.380. The quantitative estimate of drug-likeness (QED) is 0.855. The van der Waals surface area contributed by atoms with Crippen LogP contribution in [0.2, 0.25) is 0 Å². The van der Waals surface area contributed by atoms with Crippen molar-refractivity contribution >= 4 is 5.97 Å². The van der Waals surface area contributed by atoms with E-state index in [1.807, 2.05) is 16.9 Å². The van der Waals surface area contributed by atoms with Gasteiger partial charge in [0, 0.05) is 18.7 Å². The van der Waals surface area contributed by atoms with Crippen molar-refractivity contribution in [2.45, 2.75) is 52.0 Å². The van der Waals surface area contributed by atoms with Crippen molar-refractivity contribution in [3.63, 3.8) is 0 Å². The Balaban J connectivity index is 2.08. The van der Waals surface area contributed by atoms with Crippen LogP contribution >= 0.6 is 0 Å². The van der Waals surface area contributed by atoms with Crippen molar-refractivity contribution in [2.75, 3.05) is 0 Å². The molecule has 1 unspecified atom stereocenters. The summed E-state index contributed by atoms with van der Waals surface area (Å²) in [5.74, 6) is -0.665. The van der Waals surface area contributed by atoms with Gasteiger partial charge >= 0.3 is 5.97 Å². The van der Waals surface area contributed by atoms with Crippen molar-refractivity contribution in [3.05, 3.63) is 18.0 Å². The molecule has 4 heteroatoms. The number of nitrogens with zero attached hydrogens (tertiary/aromatic N) is 2. The summed E-state index contributed by atoms with van der Waals surface area (Å²) >= 11 is 0. The number of carboxylic acid groups (broad SMARTS) is 1. The van der Waals surface area contributed by atoms with E-state index in [1.165, 1.54) is 0 Å². The lowest BCUT2D eigenvalue weighted by atomic mass is 9.66. The van der Waals surface area contributed by atoms with Crippen LogP contribution in [0.15, 0.2) is 12.3 Å². The van der Waals surface area contributed by atoms with Crippen LogP contribution in [0.1, 0.15) is 51.3 Å². The molecule has 1 aliphatic rings. The summed E-state index contributed by atoms with van der Waals surface area (Å²) in [6, 6.07) is 2.33. The number of carbonyl (C=O) groups is 1. The smallest absolute Gasteiger partial charge is 0.310 e. The first-order valence-corrected chi connectivity index (χ1v) is 6.35. The van der Waals surface area contributed by atoms with E-state index in [9.17, 15) is 9.90 Å². The van der Waals surface area contributed by atoms with E-state index in [4.69, 9.17) is 0 Å². The minimum atomic E-state index is -0.665. The van der Waals surface area contributed by atoms with Crippen LogP contribution in [0.4, 0.5) is 0 Å². The monoisotopic (exact) mass is 236 g/mol. The predicted molar refractivity (Wildman–Crippen MR) is 64.9 cm³/mol. The first-order chi connectivity index (χ1) is 8.07. The Morgan fingerprint density at radius 2 is 2.35 bits per heavy atom. The third-order valence-electron chi connectivity index (χ3n) is 3.99. The van der Waals surface area contributed by atoms with Gasteiger partial charge in [-0.25, -0.2) is 0 Å². The lowest BCUT2D eigenvalue weighted by Gasteiger charge is -2.37. The maximum atomic E-state index is 11.3. The van der Waals surface area contributed by atoms with Crippen LogP contribution in [0.5, 0.6) is 0 Å². The molecule has 94 valence electrons. The SMILES string of the molecule is CCC(C)n1ccc(CC2(C(=O)O)CCC2)n1. The van der Waals surface area contributed by atoms with Gasteiger partial charge < -0.3 is 5.11 Å². The molecule has 4 nitrogen and oxygen atoms in total. The highest BCUT2D eigenvalue weighted by Gasteiger charge is 2.44. The molecule has 1 N–H and O–H groups in total. The summed E-state index contributed by atoms with van der Waals surface area (Å²) in [4.78, 5) is 11.3. The molecule has 1 aromatic rings. The molecule has 1 fully saturated rings. The van der Waals surface area contributed by atoms with Gasteiger partial charge in [-0.15, -0.1) is 0 Å². The Morgan fingerprint density at radius 1 is 1.65 bits per heavy atom. The molecule has 1 saturated carbocycles. The molecule has 0 amide bonds. The predicted octanol–water partition coefficient (Wildman–Crippen LogP) is 2.65. The molecule has 0 radical (unpaired) electrons. The zero-order valence-corrected chi connectivity index (χ0v) is 10.5. The maximum absolute atomic E-state index is 11.3. The van der Waals surface area contributed by atoms with E-state index in [-0.39, 0.29) is 0 Å². The Labute approximate surface area is 102 Å². The largest absolute Gasteiger partial charge is 0.481 e. The number of carboxylic acids is 1. The van der Waals surface area contributed by atoms with Gasteiger partial charge in [0.05, 0.1) is 11.1 Å². The van der Waals surface area contributed by atoms with Gasteiger partial charge in [-0.05, 0) is 32.3 Å². The molecule has 0 bridgehead atoms. The third-order valence-corrected chi connectivity index (χ3v) is 3.99. The standard InChI is InChI=1S/C13H20N2O2/c1-3-10(2)15-8-5-11(14-15)9-13(12(16)17)6-4-7-13/h5,8,10H,3-4,6-7,9H2,1-2H3,(H,16,17). The van der Waals surface area contributed by atoms with Crippen LogP contribution in [0.25, 0.3) is 0 Å². The molecule has 1 aliphatic carbocycles. The van der Waals surface area contributed by atoms with E-state index in [0.717, 1.165) is 31.4 Å². The molecule has 2 rings (SSSR count). The highest BCUT2D eigenvalue weighted by atomic mass is 16.4. The van der Waals surface area contributed by atoms with Gasteiger partial charge in [0.1, 0.15) is 0 Å². The second-order valence-electron chi connectivity index (χ2n) is 5.16. The van der Waals surface area contributed by atoms with Crippen LogP contribution < -0.4 is 0 Å². The number of hydrogen-bond acceptors (Lipinski definition) is 2. The van der Waals surface area contributed by atoms with Gasteiger partial charge in [-0.1, -0.05) is 13.3 Å². The van der Waals surface area contributed by atoms with Gasteiger partial charge in [-0.3, -0.25) is 9.48 Å². The molecule has 0 spiro atoms. The lowest BCUT2D eigenvalue weighted by Crippen LogP contribution is -2.40. The average molecular weight is 236 g/mol. The maximum Gasteiger partial charge on any atom is 0.310 e. The number of rotatable bonds is 5. The number of aromatic nitrogens is 2. The summed E-state index contributed by atoms with van der Waals surface area (Å²) in [6.45, 7) is 4.24. The highest BCUT2D eigenvalue weighted by Crippen LogP contribution is 2.43. The van der Waals surface area contributed by atoms with E-state index in [1.54, 1.807) is 0 Å². The van der Waals surface area contributed by atoms with E-state index in [2.05, 4.69) is 18.9 Å². The number of aliphatic carboxylic acids is 1. The van der Waals surface area contributed by atoms with Gasteiger partial charge in [0.15, 0.2) is 0 Å². The van der Waals surface area contributed by atoms with Gasteiger partial charge in [0.25, 0.3) is 0 Å². The van der Waals surface area contributed by atoms with E-state index < -0.39 is 11.4 Å². The van der Waals surface area contributed by atoms with Gasteiger partial charge in [0.2, 0.25) is 0 Å². The van der Waals surface area contributed by atoms with Crippen molar-refractivity contribution in [3.8, 4) is 0 Å². The molecule has 1 atom stereocenters. The summed E-state index contributed by atoms with van der Waals surface area (Å²) in [7, 11) is 0. The zero-order chi connectivity index (χ0) is 12.5. The van der Waals surface area contributed by atoms with E-state index in [0.29, 0.717) is 12.5 Å². The molecular weight excluding hydrogens is 216 g/mol. The Morgan fingerprint density at radius 3 is 2.82 bits per heavy atom. The lowest BCUT2D eigenvalue weighted by molar-refractivity contribution is -0.154. The van der Waals surface area contributed by atoms with Crippen molar-refractivity contribution < 1.29 is 9.90 Å². The van der Waals surface area contributed by atoms with Crippen molar-refractivity contribution in [1.29, 1.82) is 0 Å².